The molecule has 1 N–H and O–H groups in total. The molecule has 4 aromatic rings. The molecule has 0 saturated heterocycles. The molecule has 0 fully saturated rings. The Morgan fingerprint density at radius 1 is 1.19 bits per heavy atom. The number of nitrogens with zero attached hydrogens (tertiary/aromatic N) is 4. The number of fused-ring (bicyclic) bond motifs is 3. The molecule has 130 valence electrons. The van der Waals surface area contributed by atoms with E-state index in [1.165, 1.54) is 10.8 Å². The Labute approximate surface area is 148 Å². The highest BCUT2D eigenvalue weighted by molar-refractivity contribution is 5.86. The predicted octanol–water partition coefficient (Wildman–Crippen LogP) is 2.49. The number of hydrogen-bond donors (Lipinski definition) is 1. The molecule has 1 aromatic carbocycles. The largest absolute Gasteiger partial charge is 0.481 e. The summed E-state index contributed by atoms with van der Waals surface area (Å²) >= 11 is 0. The van der Waals surface area contributed by atoms with Crippen molar-refractivity contribution in [1.29, 1.82) is 0 Å². The van der Waals surface area contributed by atoms with Crippen LogP contribution in [0, 0.1) is 6.92 Å². The van der Waals surface area contributed by atoms with E-state index in [1.54, 1.807) is 16.8 Å². The minimum Gasteiger partial charge on any atom is -0.481 e. The van der Waals surface area contributed by atoms with Gasteiger partial charge in [0, 0.05) is 24.5 Å². The zero-order chi connectivity index (χ0) is 18.3. The molecule has 0 unspecified atom stereocenters. The van der Waals surface area contributed by atoms with Crippen LogP contribution in [0.5, 0.6) is 0 Å². The number of carboxylic acids is 1. The summed E-state index contributed by atoms with van der Waals surface area (Å²) in [4.78, 5) is 27.9. The third-order valence-corrected chi connectivity index (χ3v) is 4.39. The fourth-order valence-corrected chi connectivity index (χ4v) is 3.15. The van der Waals surface area contributed by atoms with Crippen LogP contribution in [-0.4, -0.2) is 30.2 Å². The highest BCUT2D eigenvalue weighted by atomic mass is 16.4. The number of aliphatic carboxylic acids is 1. The van der Waals surface area contributed by atoms with Crippen molar-refractivity contribution in [2.45, 2.75) is 19.9 Å². The Hall–Kier alpha value is -3.48. The maximum atomic E-state index is 12.6. The van der Waals surface area contributed by atoms with E-state index in [2.05, 4.69) is 10.1 Å². The van der Waals surface area contributed by atoms with E-state index in [-0.39, 0.29) is 18.5 Å². The van der Waals surface area contributed by atoms with E-state index in [0.717, 1.165) is 16.8 Å². The Bertz CT molecular complexity index is 1190. The average Bonchev–Trinajstić information content (AvgIpc) is 2.98. The molecule has 0 aliphatic heterocycles. The van der Waals surface area contributed by atoms with Gasteiger partial charge in [-0.1, -0.05) is 30.3 Å². The van der Waals surface area contributed by atoms with Gasteiger partial charge >= 0.3 is 5.97 Å². The molecule has 0 atom stereocenters. The van der Waals surface area contributed by atoms with Crippen LogP contribution in [-0.2, 0) is 11.3 Å². The second-order valence-electron chi connectivity index (χ2n) is 6.08. The van der Waals surface area contributed by atoms with Crippen LogP contribution in [0.3, 0.4) is 0 Å². The summed E-state index contributed by atoms with van der Waals surface area (Å²) in [6.07, 6.45) is 3.03. The fourth-order valence-electron chi connectivity index (χ4n) is 3.15. The third-order valence-electron chi connectivity index (χ3n) is 4.39. The Morgan fingerprint density at radius 2 is 1.96 bits per heavy atom. The van der Waals surface area contributed by atoms with E-state index >= 15 is 0 Å². The van der Waals surface area contributed by atoms with Crippen LogP contribution in [0.25, 0.3) is 27.7 Å². The average molecular weight is 348 g/mol. The van der Waals surface area contributed by atoms with Crippen molar-refractivity contribution >= 4 is 22.5 Å². The SMILES string of the molecule is Cc1nn2c(ncc3c(=O)n(CCC(=O)O)ccc32)c1-c1ccccc1. The molecule has 3 heterocycles. The topological polar surface area (TPSA) is 89.5 Å². The van der Waals surface area contributed by atoms with Crippen molar-refractivity contribution in [3.63, 3.8) is 0 Å². The first kappa shape index (κ1) is 16.0. The molecule has 0 bridgehead atoms. The summed E-state index contributed by atoms with van der Waals surface area (Å²) in [5.41, 5.74) is 3.84. The van der Waals surface area contributed by atoms with Crippen LogP contribution in [0.1, 0.15) is 12.1 Å². The molecule has 26 heavy (non-hydrogen) atoms. The first-order valence-electron chi connectivity index (χ1n) is 8.21. The van der Waals surface area contributed by atoms with Gasteiger partial charge in [0.05, 0.1) is 23.0 Å². The van der Waals surface area contributed by atoms with Crippen LogP contribution in [0.4, 0.5) is 0 Å². The minimum absolute atomic E-state index is 0.111. The number of pyridine rings is 1. The molecule has 4 rings (SSSR count). The lowest BCUT2D eigenvalue weighted by Crippen LogP contribution is -2.21. The van der Waals surface area contributed by atoms with Gasteiger partial charge in [0.2, 0.25) is 0 Å². The van der Waals surface area contributed by atoms with E-state index in [4.69, 9.17) is 5.11 Å². The molecule has 0 aliphatic rings. The molecular weight excluding hydrogens is 332 g/mol. The molecule has 7 heteroatoms. The fraction of sp³-hybridized carbons (Fsp3) is 0.158. The van der Waals surface area contributed by atoms with Crippen LogP contribution in [0.15, 0.2) is 53.6 Å². The monoisotopic (exact) mass is 348 g/mol. The quantitative estimate of drug-likeness (QED) is 0.612. The van der Waals surface area contributed by atoms with Gasteiger partial charge in [-0.15, -0.1) is 0 Å². The predicted molar refractivity (Wildman–Crippen MR) is 97.2 cm³/mol. The van der Waals surface area contributed by atoms with Gasteiger partial charge in [-0.2, -0.15) is 5.10 Å². The van der Waals surface area contributed by atoms with E-state index < -0.39 is 5.97 Å². The standard InChI is InChI=1S/C19H16N4O3/c1-12-17(13-5-3-2-4-6-13)18-20-11-14-15(23(18)21-12)7-9-22(19(14)26)10-8-16(24)25/h2-7,9,11H,8,10H2,1H3,(H,24,25). The molecule has 3 aromatic heterocycles. The van der Waals surface area contributed by atoms with Crippen LogP contribution >= 0.6 is 0 Å². The highest BCUT2D eigenvalue weighted by Gasteiger charge is 2.16. The lowest BCUT2D eigenvalue weighted by Gasteiger charge is -2.07. The molecule has 0 radical (unpaired) electrons. The van der Waals surface area contributed by atoms with Crippen molar-refractivity contribution in [3.05, 3.63) is 64.8 Å². The summed E-state index contributed by atoms with van der Waals surface area (Å²) < 4.78 is 3.06. The second-order valence-corrected chi connectivity index (χ2v) is 6.08. The number of aryl methyl sites for hydroxylation is 2. The number of hydrogen-bond acceptors (Lipinski definition) is 4. The van der Waals surface area contributed by atoms with Crippen molar-refractivity contribution < 1.29 is 9.90 Å². The summed E-state index contributed by atoms with van der Waals surface area (Å²) in [7, 11) is 0. The molecular formula is C19H16N4O3. The van der Waals surface area contributed by atoms with Crippen LogP contribution in [0.2, 0.25) is 0 Å². The second kappa shape index (κ2) is 6.11. The van der Waals surface area contributed by atoms with Gasteiger partial charge in [0.15, 0.2) is 5.65 Å². The Balaban J connectivity index is 1.93. The first-order chi connectivity index (χ1) is 12.6. The zero-order valence-electron chi connectivity index (χ0n) is 14.1. The maximum Gasteiger partial charge on any atom is 0.305 e. The molecule has 7 nitrogen and oxygen atoms in total. The van der Waals surface area contributed by atoms with Gasteiger partial charge in [-0.25, -0.2) is 9.50 Å². The smallest absolute Gasteiger partial charge is 0.305 e. The van der Waals surface area contributed by atoms with Crippen molar-refractivity contribution in [3.8, 4) is 11.1 Å². The summed E-state index contributed by atoms with van der Waals surface area (Å²) in [5, 5.41) is 13.8. The van der Waals surface area contributed by atoms with Crippen LogP contribution < -0.4 is 5.56 Å². The lowest BCUT2D eigenvalue weighted by molar-refractivity contribution is -0.137. The normalized spacial score (nSPS) is 11.3. The van der Waals surface area contributed by atoms with Crippen molar-refractivity contribution in [1.82, 2.24) is 19.2 Å². The Morgan fingerprint density at radius 3 is 2.69 bits per heavy atom. The van der Waals surface area contributed by atoms with E-state index in [0.29, 0.717) is 16.6 Å². The molecule has 0 amide bonds. The molecule has 0 spiro atoms. The van der Waals surface area contributed by atoms with Crippen molar-refractivity contribution in [2.24, 2.45) is 0 Å². The van der Waals surface area contributed by atoms with Gasteiger partial charge in [0.25, 0.3) is 5.56 Å². The number of aromatic nitrogens is 4. The zero-order valence-corrected chi connectivity index (χ0v) is 14.1. The van der Waals surface area contributed by atoms with Crippen molar-refractivity contribution in [2.75, 3.05) is 0 Å². The summed E-state index contributed by atoms with van der Waals surface area (Å²) in [6.45, 7) is 2.03. The first-order valence-corrected chi connectivity index (χ1v) is 8.21. The number of carboxylic acid groups (broad SMARTS) is 1. The van der Waals surface area contributed by atoms with E-state index in [9.17, 15) is 9.59 Å². The maximum absolute atomic E-state index is 12.6. The number of rotatable bonds is 4. The molecule has 0 saturated carbocycles. The van der Waals surface area contributed by atoms with Gasteiger partial charge < -0.3 is 9.67 Å². The third kappa shape index (κ3) is 2.54. The highest BCUT2D eigenvalue weighted by Crippen LogP contribution is 2.28. The Kier molecular flexibility index (Phi) is 3.76. The van der Waals surface area contributed by atoms with E-state index in [1.807, 2.05) is 37.3 Å². The number of benzene rings is 1. The van der Waals surface area contributed by atoms with Gasteiger partial charge in [-0.3, -0.25) is 9.59 Å². The summed E-state index contributed by atoms with van der Waals surface area (Å²) in [5.74, 6) is -0.944. The molecule has 0 aliphatic carbocycles. The number of carbonyl (C=O) groups is 1. The minimum atomic E-state index is -0.944. The van der Waals surface area contributed by atoms with Gasteiger partial charge in [0.1, 0.15) is 0 Å². The van der Waals surface area contributed by atoms with Gasteiger partial charge in [-0.05, 0) is 18.6 Å². The lowest BCUT2D eigenvalue weighted by atomic mass is 10.1. The summed E-state index contributed by atoms with van der Waals surface area (Å²) in [6, 6.07) is 11.6.